The van der Waals surface area contributed by atoms with Gasteiger partial charge in [-0.25, -0.2) is 9.97 Å². The predicted octanol–water partition coefficient (Wildman–Crippen LogP) is 1.78. The number of nitrogens with one attached hydrogen (secondary N) is 1. The fourth-order valence-electron chi connectivity index (χ4n) is 3.24. The molecular weight excluding hydrogens is 404 g/mol. The molecule has 1 aliphatic heterocycles. The van der Waals surface area contributed by atoms with E-state index in [1.165, 1.54) is 0 Å². The number of benzene rings is 1. The second-order valence-corrected chi connectivity index (χ2v) is 7.28. The van der Waals surface area contributed by atoms with Crippen molar-refractivity contribution in [1.29, 1.82) is 0 Å². The molecule has 1 aromatic carbocycles. The molecule has 0 saturated carbocycles. The minimum Gasteiger partial charge on any atom is -0.379 e. The Morgan fingerprint density at radius 3 is 2.59 bits per heavy atom. The van der Waals surface area contributed by atoms with E-state index in [9.17, 15) is 4.79 Å². The van der Waals surface area contributed by atoms with E-state index in [1.54, 1.807) is 18.5 Å². The molecule has 0 bridgehead atoms. The Labute approximate surface area is 186 Å². The molecule has 8 nitrogen and oxygen atoms in total. The number of primary amides is 1. The van der Waals surface area contributed by atoms with Crippen LogP contribution in [0.3, 0.4) is 0 Å². The highest BCUT2D eigenvalue weighted by Gasteiger charge is 2.12. The predicted molar refractivity (Wildman–Crippen MR) is 122 cm³/mol. The van der Waals surface area contributed by atoms with Gasteiger partial charge in [-0.05, 0) is 36.4 Å². The van der Waals surface area contributed by atoms with E-state index in [-0.39, 0.29) is 5.69 Å². The summed E-state index contributed by atoms with van der Waals surface area (Å²) in [6.45, 7) is 4.90. The molecule has 0 radical (unpaired) electrons. The maximum atomic E-state index is 11.8. The fraction of sp³-hybridized carbons (Fsp3) is 0.250. The molecule has 0 spiro atoms. The summed E-state index contributed by atoms with van der Waals surface area (Å²) in [5, 5.41) is 3.28. The topological polar surface area (TPSA) is 106 Å². The van der Waals surface area contributed by atoms with Crippen LogP contribution in [-0.4, -0.2) is 65.2 Å². The van der Waals surface area contributed by atoms with Crippen molar-refractivity contribution in [2.45, 2.75) is 0 Å². The van der Waals surface area contributed by atoms with Crippen molar-refractivity contribution in [3.8, 4) is 23.2 Å². The van der Waals surface area contributed by atoms with Gasteiger partial charge < -0.3 is 15.8 Å². The second-order valence-electron chi connectivity index (χ2n) is 7.28. The Morgan fingerprint density at radius 2 is 1.88 bits per heavy atom. The van der Waals surface area contributed by atoms with E-state index in [0.717, 1.165) is 49.5 Å². The van der Waals surface area contributed by atoms with Crippen LogP contribution in [0.1, 0.15) is 21.6 Å². The SMILES string of the molecule is NC(=O)c1cc(NCCN2CCOCC2)nc(-c2ccc(C#Cc3cccnc3)cc2)n1. The Kier molecular flexibility index (Phi) is 7.02. The minimum absolute atomic E-state index is 0.171. The molecule has 4 rings (SSSR count). The van der Waals surface area contributed by atoms with Crippen molar-refractivity contribution in [1.82, 2.24) is 19.9 Å². The summed E-state index contributed by atoms with van der Waals surface area (Å²) in [6.07, 6.45) is 3.43. The van der Waals surface area contributed by atoms with Crippen molar-refractivity contribution in [3.05, 3.63) is 71.7 Å². The van der Waals surface area contributed by atoms with Crippen molar-refractivity contribution >= 4 is 11.7 Å². The van der Waals surface area contributed by atoms with E-state index in [0.29, 0.717) is 18.2 Å². The first-order valence-electron chi connectivity index (χ1n) is 10.4. The zero-order valence-corrected chi connectivity index (χ0v) is 17.6. The van der Waals surface area contributed by atoms with Gasteiger partial charge in [-0.2, -0.15) is 0 Å². The quantitative estimate of drug-likeness (QED) is 0.577. The average Bonchev–Trinajstić information content (AvgIpc) is 2.84. The number of nitrogens with zero attached hydrogens (tertiary/aromatic N) is 4. The van der Waals surface area contributed by atoms with Crippen LogP contribution in [0.4, 0.5) is 5.82 Å². The number of ether oxygens (including phenoxy) is 1. The highest BCUT2D eigenvalue weighted by atomic mass is 16.5. The Balaban J connectivity index is 1.48. The zero-order valence-electron chi connectivity index (χ0n) is 17.6. The normalized spacial score (nSPS) is 13.8. The molecule has 3 aromatic rings. The number of pyridine rings is 1. The van der Waals surface area contributed by atoms with Crippen molar-refractivity contribution in [2.75, 3.05) is 44.7 Å². The van der Waals surface area contributed by atoms with Gasteiger partial charge in [0.1, 0.15) is 11.5 Å². The van der Waals surface area contributed by atoms with Gasteiger partial charge in [0, 0.05) is 61.3 Å². The van der Waals surface area contributed by atoms with E-state index >= 15 is 0 Å². The number of carbonyl (C=O) groups is 1. The zero-order chi connectivity index (χ0) is 22.2. The highest BCUT2D eigenvalue weighted by molar-refractivity contribution is 5.92. The Bertz CT molecular complexity index is 1120. The third kappa shape index (κ3) is 5.88. The molecule has 0 unspecified atom stereocenters. The van der Waals surface area contributed by atoms with Gasteiger partial charge in [0.15, 0.2) is 5.82 Å². The fourth-order valence-corrected chi connectivity index (χ4v) is 3.24. The first-order valence-corrected chi connectivity index (χ1v) is 10.4. The van der Waals surface area contributed by atoms with Gasteiger partial charge in [0.05, 0.1) is 13.2 Å². The number of amides is 1. The molecule has 2 aromatic heterocycles. The third-order valence-electron chi connectivity index (χ3n) is 4.97. The number of hydrogen-bond acceptors (Lipinski definition) is 7. The third-order valence-corrected chi connectivity index (χ3v) is 4.97. The molecule has 1 fully saturated rings. The lowest BCUT2D eigenvalue weighted by atomic mass is 10.1. The minimum atomic E-state index is -0.594. The van der Waals surface area contributed by atoms with E-state index in [1.807, 2.05) is 36.4 Å². The highest BCUT2D eigenvalue weighted by Crippen LogP contribution is 2.19. The monoisotopic (exact) mass is 428 g/mol. The summed E-state index contributed by atoms with van der Waals surface area (Å²) in [5.74, 6) is 6.59. The number of aromatic nitrogens is 3. The molecule has 162 valence electrons. The van der Waals surface area contributed by atoms with Crippen molar-refractivity contribution in [3.63, 3.8) is 0 Å². The summed E-state index contributed by atoms with van der Waals surface area (Å²) >= 11 is 0. The van der Waals surface area contributed by atoms with Crippen LogP contribution in [-0.2, 0) is 4.74 Å². The molecule has 0 aliphatic carbocycles. The molecule has 1 aliphatic rings. The second kappa shape index (κ2) is 10.5. The van der Waals surface area contributed by atoms with Gasteiger partial charge in [-0.1, -0.05) is 11.8 Å². The lowest BCUT2D eigenvalue weighted by Gasteiger charge is -2.26. The number of rotatable bonds is 6. The molecule has 0 atom stereocenters. The summed E-state index contributed by atoms with van der Waals surface area (Å²) in [4.78, 5) is 27.1. The van der Waals surface area contributed by atoms with Crippen molar-refractivity contribution < 1.29 is 9.53 Å². The number of morpholine rings is 1. The van der Waals surface area contributed by atoms with Gasteiger partial charge in [-0.15, -0.1) is 0 Å². The number of carbonyl (C=O) groups excluding carboxylic acids is 1. The smallest absolute Gasteiger partial charge is 0.267 e. The standard InChI is InChI=1S/C24H24N6O2/c25-23(31)21-16-22(27-10-11-30-12-14-32-15-13-30)29-24(28-21)20-7-5-18(6-8-20)3-4-19-2-1-9-26-17-19/h1-2,5-9,16-17H,10-15H2,(H2,25,31)(H,27,28,29). The lowest BCUT2D eigenvalue weighted by molar-refractivity contribution is 0.0398. The maximum absolute atomic E-state index is 11.8. The molecule has 3 N–H and O–H groups in total. The summed E-state index contributed by atoms with van der Waals surface area (Å²) in [7, 11) is 0. The van der Waals surface area contributed by atoms with Crippen LogP contribution < -0.4 is 11.1 Å². The largest absolute Gasteiger partial charge is 0.379 e. The van der Waals surface area contributed by atoms with Crippen LogP contribution in [0.2, 0.25) is 0 Å². The Hall–Kier alpha value is -3.80. The van der Waals surface area contributed by atoms with Crippen LogP contribution in [0.15, 0.2) is 54.9 Å². The van der Waals surface area contributed by atoms with Crippen molar-refractivity contribution in [2.24, 2.45) is 5.73 Å². The van der Waals surface area contributed by atoms with Gasteiger partial charge in [0.2, 0.25) is 0 Å². The summed E-state index contributed by atoms with van der Waals surface area (Å²) < 4.78 is 5.37. The first kappa shape index (κ1) is 21.4. The number of hydrogen-bond donors (Lipinski definition) is 2. The molecule has 8 heteroatoms. The van der Waals surface area contributed by atoms with Gasteiger partial charge in [-0.3, -0.25) is 14.7 Å². The first-order chi connectivity index (χ1) is 15.7. The summed E-state index contributed by atoms with van der Waals surface area (Å²) in [6, 6.07) is 12.9. The van der Waals surface area contributed by atoms with E-state index in [2.05, 4.69) is 37.0 Å². The molecule has 1 saturated heterocycles. The lowest BCUT2D eigenvalue weighted by Crippen LogP contribution is -2.39. The van der Waals surface area contributed by atoms with Crippen LogP contribution in [0.25, 0.3) is 11.4 Å². The Morgan fingerprint density at radius 1 is 1.09 bits per heavy atom. The van der Waals surface area contributed by atoms with Crippen LogP contribution in [0, 0.1) is 11.8 Å². The number of anilines is 1. The average molecular weight is 428 g/mol. The van der Waals surface area contributed by atoms with Crippen LogP contribution >= 0.6 is 0 Å². The maximum Gasteiger partial charge on any atom is 0.267 e. The number of nitrogens with two attached hydrogens (primary N) is 1. The molecule has 1 amide bonds. The van der Waals surface area contributed by atoms with Crippen LogP contribution in [0.5, 0.6) is 0 Å². The van der Waals surface area contributed by atoms with E-state index < -0.39 is 5.91 Å². The molecular formula is C24H24N6O2. The molecule has 3 heterocycles. The van der Waals surface area contributed by atoms with Gasteiger partial charge >= 0.3 is 0 Å². The van der Waals surface area contributed by atoms with Gasteiger partial charge in [0.25, 0.3) is 5.91 Å². The molecule has 32 heavy (non-hydrogen) atoms. The summed E-state index contributed by atoms with van der Waals surface area (Å²) in [5.41, 5.74) is 8.14. The van der Waals surface area contributed by atoms with E-state index in [4.69, 9.17) is 10.5 Å².